The summed E-state index contributed by atoms with van der Waals surface area (Å²) >= 11 is 0. The fourth-order valence-corrected chi connectivity index (χ4v) is 1.42. The van der Waals surface area contributed by atoms with Gasteiger partial charge in [0.1, 0.15) is 6.10 Å². The van der Waals surface area contributed by atoms with E-state index in [0.717, 1.165) is 13.0 Å². The van der Waals surface area contributed by atoms with E-state index < -0.39 is 0 Å². The molecule has 1 unspecified atom stereocenters. The standard InChI is InChI=1S/C9H14N2O2/c1-4-6-10-11-8(13-6)7-9(2,3)5-12-7/h7H,4-5H2,1-3H3. The lowest BCUT2D eigenvalue weighted by Crippen LogP contribution is -2.40. The Morgan fingerprint density at radius 1 is 1.46 bits per heavy atom. The lowest BCUT2D eigenvalue weighted by atomic mass is 9.82. The molecule has 0 saturated carbocycles. The highest BCUT2D eigenvalue weighted by Crippen LogP contribution is 2.44. The number of nitrogens with zero attached hydrogens (tertiary/aromatic N) is 2. The highest BCUT2D eigenvalue weighted by atomic mass is 16.5. The van der Waals surface area contributed by atoms with E-state index in [-0.39, 0.29) is 11.5 Å². The Morgan fingerprint density at radius 3 is 2.62 bits per heavy atom. The van der Waals surface area contributed by atoms with Crippen LogP contribution in [0.4, 0.5) is 0 Å². The fourth-order valence-electron chi connectivity index (χ4n) is 1.42. The van der Waals surface area contributed by atoms with Crippen molar-refractivity contribution in [1.82, 2.24) is 10.2 Å². The monoisotopic (exact) mass is 182 g/mol. The van der Waals surface area contributed by atoms with E-state index >= 15 is 0 Å². The second-order valence-corrected chi connectivity index (χ2v) is 4.07. The summed E-state index contributed by atoms with van der Waals surface area (Å²) in [5, 5.41) is 7.87. The van der Waals surface area contributed by atoms with Crippen LogP contribution >= 0.6 is 0 Å². The molecule has 4 heteroatoms. The van der Waals surface area contributed by atoms with Crippen LogP contribution in [-0.4, -0.2) is 16.8 Å². The maximum Gasteiger partial charge on any atom is 0.245 e. The third-order valence-corrected chi connectivity index (χ3v) is 2.34. The molecule has 1 aliphatic rings. The molecule has 0 aromatic carbocycles. The van der Waals surface area contributed by atoms with Crippen molar-refractivity contribution in [1.29, 1.82) is 0 Å². The van der Waals surface area contributed by atoms with Crippen LogP contribution in [-0.2, 0) is 11.2 Å². The molecule has 1 atom stereocenters. The summed E-state index contributed by atoms with van der Waals surface area (Å²) in [6, 6.07) is 0. The highest BCUT2D eigenvalue weighted by Gasteiger charge is 2.44. The first kappa shape index (κ1) is 8.69. The summed E-state index contributed by atoms with van der Waals surface area (Å²) in [4.78, 5) is 0. The normalized spacial score (nSPS) is 25.6. The van der Waals surface area contributed by atoms with Gasteiger partial charge in [-0.15, -0.1) is 10.2 Å². The van der Waals surface area contributed by atoms with Crippen LogP contribution in [0.1, 0.15) is 38.7 Å². The first-order valence-corrected chi connectivity index (χ1v) is 4.57. The van der Waals surface area contributed by atoms with Crippen molar-refractivity contribution in [3.05, 3.63) is 11.8 Å². The lowest BCUT2D eigenvalue weighted by Gasteiger charge is -2.41. The minimum absolute atomic E-state index is 0.0136. The second kappa shape index (κ2) is 2.80. The molecule has 0 amide bonds. The van der Waals surface area contributed by atoms with Gasteiger partial charge in [-0.2, -0.15) is 0 Å². The van der Waals surface area contributed by atoms with Crippen LogP contribution in [0.3, 0.4) is 0 Å². The zero-order valence-electron chi connectivity index (χ0n) is 8.20. The molecule has 13 heavy (non-hydrogen) atoms. The zero-order valence-corrected chi connectivity index (χ0v) is 8.20. The van der Waals surface area contributed by atoms with Crippen LogP contribution in [0.2, 0.25) is 0 Å². The zero-order chi connectivity index (χ0) is 9.47. The van der Waals surface area contributed by atoms with Gasteiger partial charge in [-0.05, 0) is 0 Å². The quantitative estimate of drug-likeness (QED) is 0.698. The number of ether oxygens (including phenoxy) is 1. The molecule has 72 valence electrons. The van der Waals surface area contributed by atoms with Gasteiger partial charge in [0.25, 0.3) is 0 Å². The highest BCUT2D eigenvalue weighted by molar-refractivity contribution is 4.99. The van der Waals surface area contributed by atoms with Crippen LogP contribution < -0.4 is 0 Å². The van der Waals surface area contributed by atoms with Crippen molar-refractivity contribution in [3.8, 4) is 0 Å². The molecule has 1 saturated heterocycles. The second-order valence-electron chi connectivity index (χ2n) is 4.07. The van der Waals surface area contributed by atoms with Gasteiger partial charge in [-0.1, -0.05) is 20.8 Å². The van der Waals surface area contributed by atoms with Crippen LogP contribution in [0.5, 0.6) is 0 Å². The van der Waals surface area contributed by atoms with Crippen molar-refractivity contribution < 1.29 is 9.15 Å². The number of rotatable bonds is 2. The first-order chi connectivity index (χ1) is 6.13. The van der Waals surface area contributed by atoms with Crippen molar-refractivity contribution in [2.45, 2.75) is 33.3 Å². The van der Waals surface area contributed by atoms with E-state index in [1.807, 2.05) is 6.92 Å². The molecular weight excluding hydrogens is 168 g/mol. The molecular formula is C9H14N2O2. The first-order valence-electron chi connectivity index (χ1n) is 4.57. The average molecular weight is 182 g/mol. The molecule has 2 heterocycles. The third kappa shape index (κ3) is 1.35. The molecule has 0 bridgehead atoms. The number of aryl methyl sites for hydroxylation is 1. The SMILES string of the molecule is CCc1nnc(C2OCC2(C)C)o1. The van der Waals surface area contributed by atoms with Gasteiger partial charge in [-0.25, -0.2) is 0 Å². The minimum atomic E-state index is -0.0136. The van der Waals surface area contributed by atoms with Gasteiger partial charge < -0.3 is 9.15 Å². The molecule has 1 aromatic heterocycles. The van der Waals surface area contributed by atoms with E-state index in [2.05, 4.69) is 24.0 Å². The molecule has 0 N–H and O–H groups in total. The Balaban J connectivity index is 2.17. The lowest BCUT2D eigenvalue weighted by molar-refractivity contribution is -0.183. The summed E-state index contributed by atoms with van der Waals surface area (Å²) in [5.41, 5.74) is 0.136. The number of aromatic nitrogens is 2. The number of hydrogen-bond donors (Lipinski definition) is 0. The van der Waals surface area contributed by atoms with Gasteiger partial charge in [-0.3, -0.25) is 0 Å². The number of hydrogen-bond acceptors (Lipinski definition) is 4. The predicted octanol–water partition coefficient (Wildman–Crippen LogP) is 1.73. The van der Waals surface area contributed by atoms with Gasteiger partial charge in [0.05, 0.1) is 6.61 Å². The summed E-state index contributed by atoms with van der Waals surface area (Å²) in [6.45, 7) is 7.03. The van der Waals surface area contributed by atoms with Crippen molar-refractivity contribution >= 4 is 0 Å². The van der Waals surface area contributed by atoms with Crippen molar-refractivity contribution in [3.63, 3.8) is 0 Å². The molecule has 1 aromatic rings. The van der Waals surface area contributed by atoms with E-state index in [0.29, 0.717) is 11.8 Å². The van der Waals surface area contributed by atoms with Crippen LogP contribution in [0.25, 0.3) is 0 Å². The topological polar surface area (TPSA) is 48.2 Å². The van der Waals surface area contributed by atoms with Crippen molar-refractivity contribution in [2.75, 3.05) is 6.61 Å². The minimum Gasteiger partial charge on any atom is -0.422 e. The third-order valence-electron chi connectivity index (χ3n) is 2.34. The van der Waals surface area contributed by atoms with E-state index in [9.17, 15) is 0 Å². The molecule has 0 spiro atoms. The van der Waals surface area contributed by atoms with E-state index in [4.69, 9.17) is 9.15 Å². The van der Waals surface area contributed by atoms with Crippen LogP contribution in [0.15, 0.2) is 4.42 Å². The van der Waals surface area contributed by atoms with Gasteiger partial charge in [0.15, 0.2) is 0 Å². The average Bonchev–Trinajstić information content (AvgIpc) is 2.51. The Labute approximate surface area is 77.3 Å². The molecule has 4 nitrogen and oxygen atoms in total. The molecule has 0 radical (unpaired) electrons. The summed E-state index contributed by atoms with van der Waals surface area (Å²) < 4.78 is 10.8. The fraction of sp³-hybridized carbons (Fsp3) is 0.778. The van der Waals surface area contributed by atoms with Crippen LogP contribution in [0, 0.1) is 5.41 Å². The molecule has 0 aliphatic carbocycles. The summed E-state index contributed by atoms with van der Waals surface area (Å²) in [6.07, 6.45) is 0.764. The smallest absolute Gasteiger partial charge is 0.245 e. The summed E-state index contributed by atoms with van der Waals surface area (Å²) in [5.74, 6) is 1.30. The Kier molecular flexibility index (Phi) is 1.87. The maximum absolute atomic E-state index is 5.43. The van der Waals surface area contributed by atoms with Gasteiger partial charge >= 0.3 is 0 Å². The Bertz CT molecular complexity index is 306. The van der Waals surface area contributed by atoms with E-state index in [1.54, 1.807) is 0 Å². The maximum atomic E-state index is 5.43. The van der Waals surface area contributed by atoms with E-state index in [1.165, 1.54) is 0 Å². The Hall–Kier alpha value is -0.900. The van der Waals surface area contributed by atoms with Crippen molar-refractivity contribution in [2.24, 2.45) is 5.41 Å². The summed E-state index contributed by atoms with van der Waals surface area (Å²) in [7, 11) is 0. The largest absolute Gasteiger partial charge is 0.422 e. The molecule has 1 fully saturated rings. The predicted molar refractivity (Wildman–Crippen MR) is 46.2 cm³/mol. The molecule has 2 rings (SSSR count). The van der Waals surface area contributed by atoms with Gasteiger partial charge in [0, 0.05) is 11.8 Å². The Morgan fingerprint density at radius 2 is 2.23 bits per heavy atom. The molecule has 1 aliphatic heterocycles. The van der Waals surface area contributed by atoms with Gasteiger partial charge in [0.2, 0.25) is 11.8 Å².